The third-order valence-electron chi connectivity index (χ3n) is 2.65. The maximum atomic E-state index is 11.9. The van der Waals surface area contributed by atoms with Crippen LogP contribution >= 0.6 is 0 Å². The van der Waals surface area contributed by atoms with Crippen molar-refractivity contribution < 1.29 is 24.2 Å². The molecule has 6 nitrogen and oxygen atoms in total. The highest BCUT2D eigenvalue weighted by atomic mass is 16.8. The largest absolute Gasteiger partial charge is 0.339 e. The van der Waals surface area contributed by atoms with Crippen LogP contribution in [0.4, 0.5) is 0 Å². The lowest BCUT2D eigenvalue weighted by atomic mass is 10.3. The second-order valence-corrected chi connectivity index (χ2v) is 3.04. The van der Waals surface area contributed by atoms with Gasteiger partial charge in [-0.25, -0.2) is 0 Å². The first-order chi connectivity index (χ1) is 6.60. The molecule has 0 aromatic rings. The van der Waals surface area contributed by atoms with E-state index in [-0.39, 0.29) is 0 Å². The van der Waals surface area contributed by atoms with E-state index in [0.717, 1.165) is 0 Å². The van der Waals surface area contributed by atoms with Crippen molar-refractivity contribution in [3.05, 3.63) is 0 Å². The zero-order chi connectivity index (χ0) is 10.8. The number of hydrogen-bond donors (Lipinski definition) is 0. The van der Waals surface area contributed by atoms with Crippen LogP contribution in [0, 0.1) is 0 Å². The third-order valence-corrected chi connectivity index (χ3v) is 2.65. The van der Waals surface area contributed by atoms with Crippen LogP contribution in [0.2, 0.25) is 0 Å². The summed E-state index contributed by atoms with van der Waals surface area (Å²) < 4.78 is 20.2. The zero-order valence-electron chi connectivity index (χ0n) is 8.90. The highest BCUT2D eigenvalue weighted by Crippen LogP contribution is 2.41. The molecule has 0 unspecified atom stereocenters. The number of rotatable bonds is 4. The Morgan fingerprint density at radius 3 is 1.29 bits per heavy atom. The number of ether oxygens (including phenoxy) is 4. The molecule has 1 rings (SSSR count). The first-order valence-corrected chi connectivity index (χ1v) is 4.29. The molecule has 0 amide bonds. The Hall–Kier alpha value is -0.240. The predicted molar refractivity (Wildman–Crippen MR) is 45.3 cm³/mol. The summed E-state index contributed by atoms with van der Waals surface area (Å²) in [5.41, 5.74) is 0. The van der Waals surface area contributed by atoms with Crippen molar-refractivity contribution >= 4 is 0 Å². The van der Waals surface area contributed by atoms with Crippen LogP contribution in [-0.4, -0.2) is 45.3 Å². The van der Waals surface area contributed by atoms with E-state index in [4.69, 9.17) is 18.9 Å². The van der Waals surface area contributed by atoms with Crippen LogP contribution < -0.4 is 0 Å². The van der Waals surface area contributed by atoms with Crippen LogP contribution in [0.5, 0.6) is 0 Å². The van der Waals surface area contributed by atoms with Crippen molar-refractivity contribution in [3.63, 3.8) is 0 Å². The van der Waals surface area contributed by atoms with Crippen molar-refractivity contribution in [2.24, 2.45) is 0 Å². The summed E-state index contributed by atoms with van der Waals surface area (Å²) in [6.45, 7) is 0. The van der Waals surface area contributed by atoms with Gasteiger partial charge in [-0.2, -0.15) is 0 Å². The van der Waals surface area contributed by atoms with Crippen LogP contribution in [0.3, 0.4) is 0 Å². The smallest absolute Gasteiger partial charge is 0.259 e. The van der Waals surface area contributed by atoms with Gasteiger partial charge in [-0.3, -0.25) is 0 Å². The summed E-state index contributed by atoms with van der Waals surface area (Å²) in [5.74, 6) is -2.60. The van der Waals surface area contributed by atoms with Crippen molar-refractivity contribution in [2.45, 2.75) is 24.7 Å². The van der Waals surface area contributed by atoms with Gasteiger partial charge in [-0.05, 0) is 5.06 Å². The van der Waals surface area contributed by atoms with E-state index < -0.39 is 11.8 Å². The Kier molecular flexibility index (Phi) is 3.46. The van der Waals surface area contributed by atoms with Crippen molar-refractivity contribution in [2.75, 3.05) is 28.4 Å². The van der Waals surface area contributed by atoms with Gasteiger partial charge in [0.05, 0.1) is 0 Å². The monoisotopic (exact) mass is 206 g/mol. The number of hydroxylamine groups is 2. The van der Waals surface area contributed by atoms with E-state index >= 15 is 0 Å². The normalized spacial score (nSPS) is 25.5. The van der Waals surface area contributed by atoms with Gasteiger partial charge < -0.3 is 18.9 Å². The van der Waals surface area contributed by atoms with Gasteiger partial charge in [-0.15, -0.1) is 5.21 Å². The molecule has 0 spiro atoms. The molecule has 0 aromatic carbocycles. The van der Waals surface area contributed by atoms with Gasteiger partial charge in [0.1, 0.15) is 0 Å². The fourth-order valence-corrected chi connectivity index (χ4v) is 1.69. The van der Waals surface area contributed by atoms with E-state index in [1.807, 2.05) is 0 Å². The second kappa shape index (κ2) is 4.09. The molecule has 1 radical (unpaired) electrons. The summed E-state index contributed by atoms with van der Waals surface area (Å²) in [6, 6.07) is 0. The number of hydrogen-bond acceptors (Lipinski definition) is 5. The summed E-state index contributed by atoms with van der Waals surface area (Å²) in [4.78, 5) is 0. The van der Waals surface area contributed by atoms with Crippen LogP contribution in [0.1, 0.15) is 12.8 Å². The lowest BCUT2D eigenvalue weighted by Gasteiger charge is -2.35. The van der Waals surface area contributed by atoms with Crippen molar-refractivity contribution in [1.29, 1.82) is 0 Å². The summed E-state index contributed by atoms with van der Waals surface area (Å²) in [6.07, 6.45) is 0.788. The molecule has 0 aliphatic carbocycles. The van der Waals surface area contributed by atoms with Gasteiger partial charge >= 0.3 is 0 Å². The highest BCUT2D eigenvalue weighted by molar-refractivity contribution is 4.83. The van der Waals surface area contributed by atoms with E-state index in [1.54, 1.807) is 0 Å². The lowest BCUT2D eigenvalue weighted by molar-refractivity contribution is -0.479. The molecule has 0 atom stereocenters. The molecule has 0 saturated carbocycles. The minimum atomic E-state index is -1.30. The molecule has 83 valence electrons. The average Bonchev–Trinajstić information content (AvgIpc) is 2.53. The van der Waals surface area contributed by atoms with Crippen LogP contribution in [0.25, 0.3) is 0 Å². The maximum absolute atomic E-state index is 11.9. The summed E-state index contributed by atoms with van der Waals surface area (Å²) >= 11 is 0. The maximum Gasteiger partial charge on any atom is 0.259 e. The fraction of sp³-hybridized carbons (Fsp3) is 1.00. The molecule has 1 aliphatic rings. The molecule has 0 bridgehead atoms. The quantitative estimate of drug-likeness (QED) is 0.620. The summed E-state index contributed by atoms with van der Waals surface area (Å²) in [5, 5.41) is 12.5. The topological polar surface area (TPSA) is 60.1 Å². The molecule has 1 saturated heterocycles. The molecular weight excluding hydrogens is 190 g/mol. The molecule has 1 heterocycles. The first kappa shape index (κ1) is 11.8. The van der Waals surface area contributed by atoms with Gasteiger partial charge in [0.2, 0.25) is 0 Å². The Labute approximate surface area is 83.3 Å². The van der Waals surface area contributed by atoms with E-state index in [9.17, 15) is 5.21 Å². The molecule has 14 heavy (non-hydrogen) atoms. The SMILES string of the molecule is COC1(OC)CCC(OC)(OC)N1[O]. The van der Waals surface area contributed by atoms with E-state index in [0.29, 0.717) is 17.9 Å². The molecule has 1 aliphatic heterocycles. The molecular formula is C8H16NO5. The summed E-state index contributed by atoms with van der Waals surface area (Å²) in [7, 11) is 5.65. The lowest BCUT2D eigenvalue weighted by Crippen LogP contribution is -2.55. The zero-order valence-corrected chi connectivity index (χ0v) is 8.90. The Morgan fingerprint density at radius 2 is 1.14 bits per heavy atom. The van der Waals surface area contributed by atoms with Crippen molar-refractivity contribution in [3.8, 4) is 0 Å². The molecule has 6 heteroatoms. The van der Waals surface area contributed by atoms with Crippen LogP contribution in [-0.2, 0) is 24.2 Å². The van der Waals surface area contributed by atoms with Gasteiger partial charge in [0.15, 0.2) is 0 Å². The molecule has 0 aromatic heterocycles. The van der Waals surface area contributed by atoms with Crippen molar-refractivity contribution in [1.82, 2.24) is 5.06 Å². The molecule has 0 N–H and O–H groups in total. The van der Waals surface area contributed by atoms with Gasteiger partial charge in [-0.1, -0.05) is 0 Å². The second-order valence-electron chi connectivity index (χ2n) is 3.04. The number of methoxy groups -OCH3 is 4. The minimum absolute atomic E-state index is 0.394. The standard InChI is InChI=1S/C8H16NO5/c1-11-7(12-2)5-6-8(13-3,14-4)9(7)10/h5-6H2,1-4H3. The third kappa shape index (κ3) is 1.44. The van der Waals surface area contributed by atoms with Gasteiger partial charge in [0.25, 0.3) is 11.8 Å². The Morgan fingerprint density at radius 1 is 0.857 bits per heavy atom. The highest BCUT2D eigenvalue weighted by Gasteiger charge is 2.59. The average molecular weight is 206 g/mol. The fourth-order valence-electron chi connectivity index (χ4n) is 1.69. The predicted octanol–water partition coefficient (Wildman–Crippen LogP) is 0.321. The molecule has 1 fully saturated rings. The first-order valence-electron chi connectivity index (χ1n) is 4.29. The minimum Gasteiger partial charge on any atom is -0.339 e. The van der Waals surface area contributed by atoms with Crippen LogP contribution in [0.15, 0.2) is 0 Å². The number of nitrogens with zero attached hydrogens (tertiary/aromatic N) is 1. The van der Waals surface area contributed by atoms with Gasteiger partial charge in [0, 0.05) is 41.3 Å². The Bertz CT molecular complexity index is 170. The van der Waals surface area contributed by atoms with E-state index in [2.05, 4.69) is 0 Å². The Balaban J connectivity index is 2.90. The van der Waals surface area contributed by atoms with E-state index in [1.165, 1.54) is 28.4 Å².